The van der Waals surface area contributed by atoms with Gasteiger partial charge in [-0.25, -0.2) is 0 Å². The van der Waals surface area contributed by atoms with Crippen molar-refractivity contribution >= 4 is 23.2 Å². The molecule has 2 aromatic heterocycles. The van der Waals surface area contributed by atoms with Gasteiger partial charge in [0.25, 0.3) is 11.4 Å². The van der Waals surface area contributed by atoms with Crippen LogP contribution in [0.2, 0.25) is 5.02 Å². The van der Waals surface area contributed by atoms with Crippen molar-refractivity contribution < 1.29 is 9.32 Å². The molecular formula is C22H17ClN4O3. The molecule has 4 rings (SSSR count). The molecule has 8 heteroatoms. The van der Waals surface area contributed by atoms with E-state index in [1.165, 1.54) is 10.8 Å². The Bertz CT molecular complexity index is 1260. The van der Waals surface area contributed by atoms with Gasteiger partial charge in [-0.05, 0) is 36.8 Å². The molecule has 0 unspecified atom stereocenters. The average molecular weight is 421 g/mol. The van der Waals surface area contributed by atoms with E-state index in [9.17, 15) is 9.59 Å². The van der Waals surface area contributed by atoms with E-state index in [0.29, 0.717) is 16.5 Å². The fraction of sp³-hybridized carbons (Fsp3) is 0.0909. The molecule has 2 aromatic carbocycles. The standard InChI is InChI=1S/C22H17ClN4O3/c1-14-17(23)10-5-11-18(14)24-19(28)13-27-12-6-9-16(22(27)29)21-25-20(26-30-21)15-7-3-2-4-8-15/h2-12H,13H2,1H3,(H,24,28). The van der Waals surface area contributed by atoms with E-state index in [0.717, 1.165) is 11.1 Å². The first-order valence-corrected chi connectivity index (χ1v) is 9.54. The molecule has 7 nitrogen and oxygen atoms in total. The summed E-state index contributed by atoms with van der Waals surface area (Å²) in [4.78, 5) is 29.6. The topological polar surface area (TPSA) is 90.0 Å². The maximum absolute atomic E-state index is 12.9. The minimum absolute atomic E-state index is 0.0966. The Kier molecular flexibility index (Phi) is 5.45. The highest BCUT2D eigenvalue weighted by Gasteiger charge is 2.16. The molecule has 150 valence electrons. The number of anilines is 1. The Morgan fingerprint density at radius 1 is 1.10 bits per heavy atom. The summed E-state index contributed by atoms with van der Waals surface area (Å²) in [5, 5.41) is 7.27. The van der Waals surface area contributed by atoms with Gasteiger partial charge in [0.15, 0.2) is 0 Å². The molecule has 0 aliphatic heterocycles. The third kappa shape index (κ3) is 4.01. The van der Waals surface area contributed by atoms with E-state index in [-0.39, 0.29) is 23.9 Å². The van der Waals surface area contributed by atoms with Gasteiger partial charge in [-0.3, -0.25) is 9.59 Å². The number of rotatable bonds is 5. The van der Waals surface area contributed by atoms with Crippen molar-refractivity contribution in [3.63, 3.8) is 0 Å². The number of hydrogen-bond acceptors (Lipinski definition) is 5. The van der Waals surface area contributed by atoms with Gasteiger partial charge < -0.3 is 14.4 Å². The molecule has 0 aliphatic carbocycles. The number of carbonyl (C=O) groups excluding carboxylic acids is 1. The van der Waals surface area contributed by atoms with Gasteiger partial charge in [0.05, 0.1) is 0 Å². The normalized spacial score (nSPS) is 10.7. The van der Waals surface area contributed by atoms with Gasteiger partial charge in [-0.15, -0.1) is 0 Å². The van der Waals surface area contributed by atoms with Crippen LogP contribution in [-0.4, -0.2) is 20.6 Å². The zero-order valence-corrected chi connectivity index (χ0v) is 16.8. The second kappa shape index (κ2) is 8.34. The van der Waals surface area contributed by atoms with Gasteiger partial charge in [-0.2, -0.15) is 4.98 Å². The molecule has 0 fully saturated rings. The molecule has 0 spiro atoms. The summed E-state index contributed by atoms with van der Waals surface area (Å²) in [5.74, 6) is 0.129. The molecule has 1 N–H and O–H groups in total. The van der Waals surface area contributed by atoms with E-state index in [1.54, 1.807) is 30.3 Å². The predicted molar refractivity (Wildman–Crippen MR) is 114 cm³/mol. The molecule has 4 aromatic rings. The van der Waals surface area contributed by atoms with Crippen LogP contribution in [0, 0.1) is 6.92 Å². The number of halogens is 1. The molecule has 0 radical (unpaired) electrons. The Balaban J connectivity index is 1.56. The van der Waals surface area contributed by atoms with Crippen LogP contribution in [0.3, 0.4) is 0 Å². The van der Waals surface area contributed by atoms with E-state index in [2.05, 4.69) is 15.5 Å². The number of nitrogens with zero attached hydrogens (tertiary/aromatic N) is 3. The molecule has 0 aliphatic rings. The molecule has 2 heterocycles. The number of amides is 1. The van der Waals surface area contributed by atoms with Crippen LogP contribution in [0.5, 0.6) is 0 Å². The van der Waals surface area contributed by atoms with Gasteiger partial charge in [0.1, 0.15) is 12.1 Å². The van der Waals surface area contributed by atoms with Crippen LogP contribution in [0.15, 0.2) is 76.2 Å². The fourth-order valence-electron chi connectivity index (χ4n) is 2.95. The Morgan fingerprint density at radius 3 is 2.70 bits per heavy atom. The highest BCUT2D eigenvalue weighted by molar-refractivity contribution is 6.31. The highest BCUT2D eigenvalue weighted by atomic mass is 35.5. The van der Waals surface area contributed by atoms with Crippen LogP contribution in [0.4, 0.5) is 5.69 Å². The lowest BCUT2D eigenvalue weighted by atomic mass is 10.2. The molecular weight excluding hydrogens is 404 g/mol. The predicted octanol–water partition coefficient (Wildman–Crippen LogP) is 4.17. The molecule has 1 amide bonds. The van der Waals surface area contributed by atoms with Crippen molar-refractivity contribution in [2.24, 2.45) is 0 Å². The van der Waals surface area contributed by atoms with Crippen molar-refractivity contribution in [2.75, 3.05) is 5.32 Å². The van der Waals surface area contributed by atoms with Crippen LogP contribution in [0.1, 0.15) is 5.56 Å². The lowest BCUT2D eigenvalue weighted by Gasteiger charge is -2.11. The summed E-state index contributed by atoms with van der Waals surface area (Å²) in [6.45, 7) is 1.64. The summed E-state index contributed by atoms with van der Waals surface area (Å²) in [6.07, 6.45) is 1.53. The van der Waals surface area contributed by atoms with E-state index >= 15 is 0 Å². The summed E-state index contributed by atoms with van der Waals surface area (Å²) >= 11 is 6.09. The molecule has 0 saturated carbocycles. The number of carbonyl (C=O) groups is 1. The van der Waals surface area contributed by atoms with Crippen LogP contribution in [0.25, 0.3) is 22.8 Å². The van der Waals surface area contributed by atoms with Crippen molar-refractivity contribution in [1.82, 2.24) is 14.7 Å². The number of benzene rings is 2. The average Bonchev–Trinajstić information content (AvgIpc) is 3.24. The lowest BCUT2D eigenvalue weighted by molar-refractivity contribution is -0.116. The first-order valence-electron chi connectivity index (χ1n) is 9.17. The first-order chi connectivity index (χ1) is 14.5. The van der Waals surface area contributed by atoms with Crippen LogP contribution in [-0.2, 0) is 11.3 Å². The summed E-state index contributed by atoms with van der Waals surface area (Å²) < 4.78 is 6.57. The third-order valence-corrected chi connectivity index (χ3v) is 4.97. The number of hydrogen-bond donors (Lipinski definition) is 1. The smallest absolute Gasteiger partial charge is 0.263 e. The van der Waals surface area contributed by atoms with E-state index in [1.807, 2.05) is 37.3 Å². The summed E-state index contributed by atoms with van der Waals surface area (Å²) in [5.41, 5.74) is 1.95. The molecule has 0 saturated heterocycles. The van der Waals surface area contributed by atoms with Gasteiger partial charge in [-0.1, -0.05) is 53.2 Å². The van der Waals surface area contributed by atoms with E-state index in [4.69, 9.17) is 16.1 Å². The summed E-state index contributed by atoms with van der Waals surface area (Å²) in [7, 11) is 0. The molecule has 0 atom stereocenters. The number of nitrogens with one attached hydrogen (secondary N) is 1. The minimum Gasteiger partial charge on any atom is -0.333 e. The van der Waals surface area contributed by atoms with Gasteiger partial charge in [0.2, 0.25) is 11.7 Å². The second-order valence-electron chi connectivity index (χ2n) is 6.60. The Labute approximate surface area is 176 Å². The first kappa shape index (κ1) is 19.6. The third-order valence-electron chi connectivity index (χ3n) is 4.56. The van der Waals surface area contributed by atoms with Crippen molar-refractivity contribution in [3.05, 3.63) is 87.8 Å². The highest BCUT2D eigenvalue weighted by Crippen LogP contribution is 2.23. The van der Waals surface area contributed by atoms with E-state index < -0.39 is 5.56 Å². The fourth-order valence-corrected chi connectivity index (χ4v) is 3.12. The Morgan fingerprint density at radius 2 is 1.90 bits per heavy atom. The van der Waals surface area contributed by atoms with Crippen LogP contribution < -0.4 is 10.9 Å². The zero-order chi connectivity index (χ0) is 21.1. The lowest BCUT2D eigenvalue weighted by Crippen LogP contribution is -2.28. The molecule has 30 heavy (non-hydrogen) atoms. The minimum atomic E-state index is -0.404. The number of pyridine rings is 1. The zero-order valence-electron chi connectivity index (χ0n) is 16.0. The number of aromatic nitrogens is 3. The summed E-state index contributed by atoms with van der Waals surface area (Å²) in [6, 6.07) is 17.8. The van der Waals surface area contributed by atoms with Gasteiger partial charge >= 0.3 is 0 Å². The Hall–Kier alpha value is -3.71. The quantitative estimate of drug-likeness (QED) is 0.523. The van der Waals surface area contributed by atoms with Gasteiger partial charge in [0, 0.05) is 22.5 Å². The van der Waals surface area contributed by atoms with Crippen LogP contribution >= 0.6 is 11.6 Å². The largest absolute Gasteiger partial charge is 0.333 e. The maximum Gasteiger partial charge on any atom is 0.263 e. The van der Waals surface area contributed by atoms with Crippen molar-refractivity contribution in [3.8, 4) is 22.8 Å². The monoisotopic (exact) mass is 420 g/mol. The maximum atomic E-state index is 12.9. The second-order valence-corrected chi connectivity index (χ2v) is 7.01. The molecule has 0 bridgehead atoms. The van der Waals surface area contributed by atoms with Crippen molar-refractivity contribution in [1.29, 1.82) is 0 Å². The SMILES string of the molecule is Cc1c(Cl)cccc1NC(=O)Cn1cccc(-c2nc(-c3ccccc3)no2)c1=O. The van der Waals surface area contributed by atoms with Crippen molar-refractivity contribution in [2.45, 2.75) is 13.5 Å².